The summed E-state index contributed by atoms with van der Waals surface area (Å²) in [5.74, 6) is 0.596. The van der Waals surface area contributed by atoms with Crippen LogP contribution in [0.15, 0.2) is 194 Å². The maximum atomic E-state index is 9.53. The van der Waals surface area contributed by atoms with Crippen LogP contribution in [0.4, 0.5) is 0 Å². The van der Waals surface area contributed by atoms with Gasteiger partial charge in [0.25, 0.3) is 0 Å². The van der Waals surface area contributed by atoms with Crippen molar-refractivity contribution in [1.29, 1.82) is 5.26 Å². The van der Waals surface area contributed by atoms with Crippen molar-refractivity contribution in [1.82, 2.24) is 15.0 Å². The van der Waals surface area contributed by atoms with E-state index in [1.165, 1.54) is 55.6 Å². The van der Waals surface area contributed by atoms with E-state index in [4.69, 9.17) is 9.97 Å². The van der Waals surface area contributed by atoms with Crippen molar-refractivity contribution in [2.45, 2.75) is 5.41 Å². The molecule has 9 aromatic rings. The van der Waals surface area contributed by atoms with Crippen LogP contribution in [0.25, 0.3) is 78.5 Å². The third-order valence-electron chi connectivity index (χ3n) is 11.6. The first-order chi connectivity index (χ1) is 28.2. The van der Waals surface area contributed by atoms with E-state index in [1.807, 2.05) is 48.7 Å². The molecule has 2 heterocycles. The summed E-state index contributed by atoms with van der Waals surface area (Å²) >= 11 is 0. The van der Waals surface area contributed by atoms with Crippen molar-refractivity contribution in [3.05, 3.63) is 222 Å². The van der Waals surface area contributed by atoms with Gasteiger partial charge in [0.1, 0.15) is 0 Å². The van der Waals surface area contributed by atoms with Gasteiger partial charge in [0.15, 0.2) is 5.82 Å². The number of pyridine rings is 1. The molecule has 0 saturated carbocycles. The van der Waals surface area contributed by atoms with E-state index in [1.54, 1.807) is 0 Å². The first-order valence-corrected chi connectivity index (χ1v) is 19.2. The molecule has 0 saturated heterocycles. The van der Waals surface area contributed by atoms with Gasteiger partial charge in [-0.15, -0.1) is 0 Å². The SMILES string of the molecule is N#Cc1ccc(-c2nc(-c3ccc(-c4ccccn4)cc3)cc(-c3ccc4c(c3)-c3ccccc3-c3ccccc3C43c4ccccc4-c4ccccc43)n2)cc1. The van der Waals surface area contributed by atoms with Gasteiger partial charge in [-0.1, -0.05) is 140 Å². The van der Waals surface area contributed by atoms with Crippen LogP contribution >= 0.6 is 0 Å². The van der Waals surface area contributed by atoms with Crippen LogP contribution in [0.5, 0.6) is 0 Å². The second-order valence-corrected chi connectivity index (χ2v) is 14.6. The Kier molecular flexibility index (Phi) is 7.42. The molecule has 0 bridgehead atoms. The highest BCUT2D eigenvalue weighted by atomic mass is 14.9. The van der Waals surface area contributed by atoms with Crippen LogP contribution in [-0.4, -0.2) is 15.0 Å². The van der Waals surface area contributed by atoms with E-state index < -0.39 is 5.41 Å². The molecule has 11 rings (SSSR count). The fourth-order valence-corrected chi connectivity index (χ4v) is 9.12. The summed E-state index contributed by atoms with van der Waals surface area (Å²) in [6, 6.07) is 68.7. The maximum absolute atomic E-state index is 9.53. The zero-order valence-corrected chi connectivity index (χ0v) is 30.8. The van der Waals surface area contributed by atoms with E-state index in [0.717, 1.165) is 39.3 Å². The third kappa shape index (κ3) is 5.03. The summed E-state index contributed by atoms with van der Waals surface area (Å²) in [6.45, 7) is 0. The standard InChI is InChI=1S/C53H32N4/c54-33-34-20-22-37(23-21-34)52-56-50(36-26-24-35(25-27-36)49-19-9-10-30-55-49)32-51(57-52)38-28-29-48-44(31-38)40-12-2-1-11-39(40)41-13-3-6-16-45(41)53(48)46-17-7-4-14-42(46)43-15-5-8-18-47(43)53/h1-32H. The highest BCUT2D eigenvalue weighted by molar-refractivity contribution is 5.98. The van der Waals surface area contributed by atoms with E-state index >= 15 is 0 Å². The van der Waals surface area contributed by atoms with Crippen LogP contribution in [0.3, 0.4) is 0 Å². The quantitative estimate of drug-likeness (QED) is 0.181. The normalized spacial score (nSPS) is 12.7. The predicted octanol–water partition coefficient (Wildman–Crippen LogP) is 12.4. The number of rotatable bonds is 4. The Labute approximate surface area is 331 Å². The molecule has 0 N–H and O–H groups in total. The Morgan fingerprint density at radius 1 is 0.368 bits per heavy atom. The summed E-state index contributed by atoms with van der Waals surface area (Å²) < 4.78 is 0. The van der Waals surface area contributed by atoms with Crippen LogP contribution in [-0.2, 0) is 5.41 Å². The molecule has 2 aromatic heterocycles. The minimum Gasteiger partial charge on any atom is -0.256 e. The van der Waals surface area contributed by atoms with E-state index in [0.29, 0.717) is 11.4 Å². The van der Waals surface area contributed by atoms with Crippen LogP contribution < -0.4 is 0 Å². The van der Waals surface area contributed by atoms with Gasteiger partial charge >= 0.3 is 0 Å². The van der Waals surface area contributed by atoms with Gasteiger partial charge in [-0.3, -0.25) is 4.98 Å². The highest BCUT2D eigenvalue weighted by Crippen LogP contribution is 2.61. The van der Waals surface area contributed by atoms with Crippen LogP contribution in [0.1, 0.15) is 27.8 Å². The molecule has 0 aliphatic heterocycles. The largest absolute Gasteiger partial charge is 0.256 e. The molecule has 57 heavy (non-hydrogen) atoms. The number of hydrogen-bond acceptors (Lipinski definition) is 4. The molecule has 4 heteroatoms. The van der Waals surface area contributed by atoms with E-state index in [2.05, 4.69) is 157 Å². The molecular formula is C53H32N4. The van der Waals surface area contributed by atoms with Gasteiger partial charge in [0.05, 0.1) is 34.1 Å². The molecule has 0 unspecified atom stereocenters. The molecule has 2 aliphatic carbocycles. The molecule has 264 valence electrons. The Bertz CT molecular complexity index is 3020. The molecule has 0 fully saturated rings. The van der Waals surface area contributed by atoms with Gasteiger partial charge in [-0.2, -0.15) is 5.26 Å². The van der Waals surface area contributed by atoms with Crippen molar-refractivity contribution >= 4 is 0 Å². The fraction of sp³-hybridized carbons (Fsp3) is 0.0189. The second kappa shape index (κ2) is 12.9. The summed E-state index contributed by atoms with van der Waals surface area (Å²) in [4.78, 5) is 14.9. The smallest absolute Gasteiger partial charge is 0.160 e. The summed E-state index contributed by atoms with van der Waals surface area (Å²) in [6.07, 6.45) is 1.81. The molecule has 1 spiro atoms. The average Bonchev–Trinajstić information content (AvgIpc) is 3.54. The number of fused-ring (bicyclic) bond motifs is 12. The molecular weight excluding hydrogens is 693 g/mol. The lowest BCUT2D eigenvalue weighted by molar-refractivity contribution is 0.775. The first-order valence-electron chi connectivity index (χ1n) is 19.2. The lowest BCUT2D eigenvalue weighted by Crippen LogP contribution is -2.29. The number of nitrogens with zero attached hydrogens (tertiary/aromatic N) is 4. The summed E-state index contributed by atoms with van der Waals surface area (Å²) in [7, 11) is 0. The highest BCUT2D eigenvalue weighted by Gasteiger charge is 2.49. The summed E-state index contributed by atoms with van der Waals surface area (Å²) in [5, 5.41) is 9.53. The number of nitriles is 1. The first kappa shape index (κ1) is 32.7. The molecule has 0 radical (unpaired) electrons. The maximum Gasteiger partial charge on any atom is 0.160 e. The lowest BCUT2D eigenvalue weighted by atomic mass is 9.66. The van der Waals surface area contributed by atoms with Crippen molar-refractivity contribution in [2.75, 3.05) is 0 Å². The van der Waals surface area contributed by atoms with Gasteiger partial charge in [-0.05, 0) is 104 Å². The van der Waals surface area contributed by atoms with Gasteiger partial charge < -0.3 is 0 Å². The molecule has 0 amide bonds. The Morgan fingerprint density at radius 2 is 0.825 bits per heavy atom. The second-order valence-electron chi connectivity index (χ2n) is 14.6. The van der Waals surface area contributed by atoms with Crippen molar-refractivity contribution in [2.24, 2.45) is 0 Å². The van der Waals surface area contributed by atoms with Crippen molar-refractivity contribution in [3.63, 3.8) is 0 Å². The lowest BCUT2D eigenvalue weighted by Gasteiger charge is -2.35. The van der Waals surface area contributed by atoms with Crippen molar-refractivity contribution in [3.8, 4) is 84.6 Å². The minimum atomic E-state index is -0.545. The molecule has 0 atom stereocenters. The topological polar surface area (TPSA) is 62.5 Å². The van der Waals surface area contributed by atoms with Gasteiger partial charge in [0, 0.05) is 28.5 Å². The number of benzene rings is 7. The van der Waals surface area contributed by atoms with Crippen molar-refractivity contribution < 1.29 is 0 Å². The van der Waals surface area contributed by atoms with Gasteiger partial charge in [-0.25, -0.2) is 9.97 Å². The number of aromatic nitrogens is 3. The van der Waals surface area contributed by atoms with E-state index in [-0.39, 0.29) is 0 Å². The molecule has 4 nitrogen and oxygen atoms in total. The zero-order valence-electron chi connectivity index (χ0n) is 30.8. The van der Waals surface area contributed by atoms with Crippen LogP contribution in [0, 0.1) is 11.3 Å². The van der Waals surface area contributed by atoms with Crippen LogP contribution in [0.2, 0.25) is 0 Å². The molecule has 2 aliphatic rings. The fourth-order valence-electron chi connectivity index (χ4n) is 9.12. The van der Waals surface area contributed by atoms with Gasteiger partial charge in [0.2, 0.25) is 0 Å². The Balaban J connectivity index is 1.16. The molecule has 7 aromatic carbocycles. The summed E-state index contributed by atoms with van der Waals surface area (Å²) in [5.41, 5.74) is 18.9. The predicted molar refractivity (Wildman–Crippen MR) is 228 cm³/mol. The Hall–Kier alpha value is -7.74. The monoisotopic (exact) mass is 724 g/mol. The minimum absolute atomic E-state index is 0.545. The zero-order chi connectivity index (χ0) is 37.9. The van der Waals surface area contributed by atoms with E-state index in [9.17, 15) is 5.26 Å². The third-order valence-corrected chi connectivity index (χ3v) is 11.6. The Morgan fingerprint density at radius 3 is 1.40 bits per heavy atom. The number of hydrogen-bond donors (Lipinski definition) is 0. The average molecular weight is 725 g/mol.